The van der Waals surface area contributed by atoms with Crippen molar-refractivity contribution in [2.75, 3.05) is 23.6 Å². The topological polar surface area (TPSA) is 161 Å². The van der Waals surface area contributed by atoms with Crippen LogP contribution in [0.15, 0.2) is 78.9 Å². The molecule has 0 fully saturated rings. The number of hydrogen-bond acceptors (Lipinski definition) is 8. The molecule has 1 N–H and O–H groups in total. The molecule has 2 heterocycles. The summed E-state index contributed by atoms with van der Waals surface area (Å²) in [6.45, 7) is 2.01. The lowest BCUT2D eigenvalue weighted by Crippen LogP contribution is -2.33. The van der Waals surface area contributed by atoms with Crippen LogP contribution in [0.2, 0.25) is 0 Å². The number of imide groups is 2. The third kappa shape index (κ3) is 7.60. The Kier molecular flexibility index (Phi) is 10.3. The number of carbonyl (C=O) groups is 4. The number of nitrogens with one attached hydrogen (secondary N) is 1. The van der Waals surface area contributed by atoms with Gasteiger partial charge in [-0.2, -0.15) is 0 Å². The van der Waals surface area contributed by atoms with Crippen LogP contribution in [0.5, 0.6) is 0 Å². The van der Waals surface area contributed by atoms with Crippen LogP contribution in [0.3, 0.4) is 0 Å². The van der Waals surface area contributed by atoms with Crippen molar-refractivity contribution >= 4 is 60.3 Å². The van der Waals surface area contributed by atoms with Gasteiger partial charge in [-0.3, -0.25) is 33.2 Å². The van der Waals surface area contributed by atoms with Gasteiger partial charge >= 0.3 is 0 Å². The summed E-state index contributed by atoms with van der Waals surface area (Å²) in [5, 5.41) is 0. The van der Waals surface area contributed by atoms with Crippen LogP contribution in [0.4, 0.5) is 5.69 Å². The molecule has 210 valence electrons. The lowest BCUT2D eigenvalue weighted by molar-refractivity contribution is 0.0647. The Labute approximate surface area is 237 Å². The van der Waals surface area contributed by atoms with E-state index in [0.717, 1.165) is 4.90 Å². The first-order valence-electron chi connectivity index (χ1n) is 11.7. The molecule has 0 saturated carbocycles. The number of amides is 4. The minimum Gasteiger partial charge on any atom is -0.755 e. The van der Waals surface area contributed by atoms with Gasteiger partial charge in [-0.05, 0) is 43.3 Å². The van der Waals surface area contributed by atoms with E-state index in [0.29, 0.717) is 34.5 Å². The first-order valence-corrected chi connectivity index (χ1v) is 15.2. The fraction of sp³-hybridized carbons (Fsp3) is 0.154. The predicted octanol–water partition coefficient (Wildman–Crippen LogP) is 3.05. The van der Waals surface area contributed by atoms with Gasteiger partial charge in [-0.15, -0.1) is 0 Å². The van der Waals surface area contributed by atoms with Gasteiger partial charge in [0.15, 0.2) is 0 Å². The highest BCUT2D eigenvalue weighted by molar-refractivity contribution is 8.13. The molecular formula is C26H23ClN3O8S2-. The molecule has 1 atom stereocenters. The number of nitrogens with zero attached hydrogens (tertiary/aromatic N) is 2. The molecule has 3 aromatic rings. The Morgan fingerprint density at radius 1 is 0.725 bits per heavy atom. The van der Waals surface area contributed by atoms with Gasteiger partial charge in [0.1, 0.15) is 0 Å². The molecule has 4 amide bonds. The number of anilines is 1. The molecule has 5 rings (SSSR count). The molecule has 0 aliphatic carbocycles. The molecule has 3 aromatic carbocycles. The van der Waals surface area contributed by atoms with E-state index in [1.807, 2.05) is 6.07 Å². The molecule has 2 aliphatic heterocycles. The molecule has 14 heteroatoms. The number of benzene rings is 3. The van der Waals surface area contributed by atoms with Crippen LogP contribution in [0.25, 0.3) is 0 Å². The fourth-order valence-corrected chi connectivity index (χ4v) is 4.71. The summed E-state index contributed by atoms with van der Waals surface area (Å²) in [4.78, 5) is 48.8. The van der Waals surface area contributed by atoms with Crippen molar-refractivity contribution in [3.05, 3.63) is 101 Å². The van der Waals surface area contributed by atoms with E-state index in [1.54, 1.807) is 67.6 Å². The van der Waals surface area contributed by atoms with Crippen LogP contribution in [0, 0.1) is 0 Å². The molecular weight excluding hydrogens is 582 g/mol. The van der Waals surface area contributed by atoms with E-state index in [-0.39, 0.29) is 18.4 Å². The van der Waals surface area contributed by atoms with E-state index in [1.165, 1.54) is 17.0 Å². The average molecular weight is 605 g/mol. The van der Waals surface area contributed by atoms with Crippen molar-refractivity contribution in [1.29, 1.82) is 0 Å². The van der Waals surface area contributed by atoms with E-state index >= 15 is 0 Å². The first-order chi connectivity index (χ1) is 18.9. The van der Waals surface area contributed by atoms with Crippen molar-refractivity contribution in [2.24, 2.45) is 0 Å². The molecule has 1 unspecified atom stereocenters. The number of para-hydroxylation sites is 1. The van der Waals surface area contributed by atoms with Crippen molar-refractivity contribution in [2.45, 2.75) is 6.92 Å². The van der Waals surface area contributed by atoms with Crippen LogP contribution in [-0.4, -0.2) is 69.5 Å². The molecule has 2 aliphatic rings. The summed E-state index contributed by atoms with van der Waals surface area (Å²) in [5.41, 5.74) is 2.22. The maximum absolute atomic E-state index is 11.8. The zero-order chi connectivity index (χ0) is 29.4. The second kappa shape index (κ2) is 13.4. The Morgan fingerprint density at radius 2 is 1.10 bits per heavy atom. The van der Waals surface area contributed by atoms with Gasteiger partial charge in [0.2, 0.25) is 9.05 Å². The maximum atomic E-state index is 11.8. The summed E-state index contributed by atoms with van der Waals surface area (Å²) in [6.07, 6.45) is 0. The second-order valence-electron chi connectivity index (χ2n) is 8.15. The molecule has 11 nitrogen and oxygen atoms in total. The summed E-state index contributed by atoms with van der Waals surface area (Å²) < 4.78 is 43.9. The summed E-state index contributed by atoms with van der Waals surface area (Å²) in [5.74, 6) is -1.76. The molecule has 0 bridgehead atoms. The normalized spacial score (nSPS) is 14.5. The highest BCUT2D eigenvalue weighted by atomic mass is 35.7. The fourth-order valence-electron chi connectivity index (χ4n) is 3.77. The van der Waals surface area contributed by atoms with Crippen molar-refractivity contribution in [3.8, 4) is 0 Å². The van der Waals surface area contributed by atoms with Crippen LogP contribution in [-0.2, 0) is 20.3 Å². The summed E-state index contributed by atoms with van der Waals surface area (Å²) >= 11 is -2.22. The van der Waals surface area contributed by atoms with Crippen LogP contribution in [0.1, 0.15) is 48.4 Å². The average Bonchev–Trinajstić information content (AvgIpc) is 3.32. The SMILES string of the molecule is CCN1C(=O)c2ccccc2C1=O.O=C1c2ccccc2C(=O)N1CCS(=O)(=O)Cl.O=S([O-])Nc1ccccc1. The summed E-state index contributed by atoms with van der Waals surface area (Å²) in [6, 6.07) is 21.9. The smallest absolute Gasteiger partial charge is 0.261 e. The Hall–Kier alpha value is -3.91. The van der Waals surface area contributed by atoms with Crippen molar-refractivity contribution in [3.63, 3.8) is 0 Å². The molecule has 0 saturated heterocycles. The van der Waals surface area contributed by atoms with E-state index in [2.05, 4.69) is 4.72 Å². The Bertz CT molecular complexity index is 1490. The van der Waals surface area contributed by atoms with Gasteiger partial charge in [-0.1, -0.05) is 42.5 Å². The Balaban J connectivity index is 0.000000172. The number of hydrogen-bond donors (Lipinski definition) is 1. The number of fused-ring (bicyclic) bond motifs is 2. The predicted molar refractivity (Wildman–Crippen MR) is 148 cm³/mol. The molecule has 0 aromatic heterocycles. The Morgan fingerprint density at radius 3 is 1.45 bits per heavy atom. The zero-order valence-electron chi connectivity index (χ0n) is 21.0. The van der Waals surface area contributed by atoms with E-state index in [9.17, 15) is 36.4 Å². The maximum Gasteiger partial charge on any atom is 0.261 e. The molecule has 0 spiro atoms. The summed E-state index contributed by atoms with van der Waals surface area (Å²) in [7, 11) is 1.32. The van der Waals surface area contributed by atoms with Gasteiger partial charge in [0.25, 0.3) is 23.6 Å². The lowest BCUT2D eigenvalue weighted by Gasteiger charge is -2.11. The van der Waals surface area contributed by atoms with Crippen LogP contribution < -0.4 is 4.72 Å². The lowest BCUT2D eigenvalue weighted by atomic mass is 10.1. The number of carbonyl (C=O) groups excluding carboxylic acids is 4. The van der Waals surface area contributed by atoms with Crippen molar-refractivity contribution in [1.82, 2.24) is 9.80 Å². The zero-order valence-corrected chi connectivity index (χ0v) is 23.4. The van der Waals surface area contributed by atoms with E-state index < -0.39 is 37.9 Å². The second-order valence-corrected chi connectivity index (χ2v) is 11.7. The highest BCUT2D eigenvalue weighted by Crippen LogP contribution is 2.23. The molecule has 0 radical (unpaired) electrons. The quantitative estimate of drug-likeness (QED) is 0.255. The van der Waals surface area contributed by atoms with Gasteiger partial charge in [0.05, 0.1) is 28.0 Å². The third-order valence-corrected chi connectivity index (χ3v) is 7.14. The minimum absolute atomic E-state index is 0.178. The number of rotatable bonds is 6. The first kappa shape index (κ1) is 30.6. The monoisotopic (exact) mass is 604 g/mol. The van der Waals surface area contributed by atoms with Crippen LogP contribution >= 0.6 is 10.7 Å². The largest absolute Gasteiger partial charge is 0.755 e. The standard InChI is InChI=1S/C10H8ClNO4S.C10H9NO2.C6H7NO2S/c11-17(15,16)6-5-12-9(13)7-3-1-2-4-8(7)10(12)14;1-2-11-9(12)7-5-3-4-6-8(7)10(11)13;8-10(9)7-6-4-2-1-3-5-6/h1-4H,5-6H2;3-6H,2H2,1H3;1-5,7H,(H,8,9)/p-1. The van der Waals surface area contributed by atoms with Gasteiger partial charge in [-0.25, -0.2) is 8.42 Å². The van der Waals surface area contributed by atoms with Crippen molar-refractivity contribution < 1.29 is 36.4 Å². The minimum atomic E-state index is -3.72. The van der Waals surface area contributed by atoms with E-state index in [4.69, 9.17) is 10.7 Å². The van der Waals surface area contributed by atoms with Gasteiger partial charge in [0, 0.05) is 40.7 Å². The molecule has 40 heavy (non-hydrogen) atoms. The van der Waals surface area contributed by atoms with Gasteiger partial charge < -0.3 is 9.27 Å². The third-order valence-electron chi connectivity index (χ3n) is 5.61. The number of halogens is 1. The highest BCUT2D eigenvalue weighted by Gasteiger charge is 2.35.